The van der Waals surface area contributed by atoms with E-state index in [-0.39, 0.29) is 12.0 Å². The first-order chi connectivity index (χ1) is 15.0. The largest absolute Gasteiger partial charge is 0.383 e. The number of hydrogen-bond acceptors (Lipinski definition) is 6. The molecular formula is C22H21ClN8. The van der Waals surface area contributed by atoms with Crippen molar-refractivity contribution in [3.63, 3.8) is 0 Å². The highest BCUT2D eigenvalue weighted by Crippen LogP contribution is 2.36. The molecule has 5 aromatic rings. The van der Waals surface area contributed by atoms with Crippen LogP contribution >= 0.6 is 11.6 Å². The molecule has 2 N–H and O–H groups in total. The van der Waals surface area contributed by atoms with Crippen LogP contribution in [0, 0.1) is 12.8 Å². The third kappa shape index (κ3) is 3.11. The molecule has 0 spiro atoms. The predicted octanol–water partition coefficient (Wildman–Crippen LogP) is 4.35. The number of aromatic nitrogens is 7. The standard InChI is InChI=1S/C22H21ClN8/c1-12(2)20(31-22-18(13(3)28-31)21(24)26-11-27-22)19-16-7-6-14(23)9-17(16)30(29-19)15-5-4-8-25-10-15/h4-12,20H,1-3H3,(H2,24,26,27). The first kappa shape index (κ1) is 19.4. The molecule has 0 aliphatic carbocycles. The fraction of sp³-hybridized carbons (Fsp3) is 0.227. The maximum Gasteiger partial charge on any atom is 0.164 e. The van der Waals surface area contributed by atoms with Gasteiger partial charge < -0.3 is 5.73 Å². The van der Waals surface area contributed by atoms with Crippen LogP contribution in [0.1, 0.15) is 31.3 Å². The number of hydrogen-bond donors (Lipinski definition) is 1. The fourth-order valence-corrected chi connectivity index (χ4v) is 4.25. The van der Waals surface area contributed by atoms with Crippen molar-refractivity contribution in [3.05, 3.63) is 65.5 Å². The minimum absolute atomic E-state index is 0.174. The van der Waals surface area contributed by atoms with Crippen molar-refractivity contribution in [2.75, 3.05) is 5.73 Å². The summed E-state index contributed by atoms with van der Waals surface area (Å²) in [5, 5.41) is 12.2. The topological polar surface area (TPSA) is 100 Å². The van der Waals surface area contributed by atoms with E-state index < -0.39 is 0 Å². The predicted molar refractivity (Wildman–Crippen MR) is 121 cm³/mol. The number of nitrogens with two attached hydrogens (primary N) is 1. The lowest BCUT2D eigenvalue weighted by Crippen LogP contribution is -2.19. The van der Waals surface area contributed by atoms with Gasteiger partial charge in [-0.15, -0.1) is 0 Å². The Morgan fingerprint density at radius 3 is 2.68 bits per heavy atom. The number of halogens is 1. The van der Waals surface area contributed by atoms with Crippen molar-refractivity contribution in [1.82, 2.24) is 34.5 Å². The van der Waals surface area contributed by atoms with Gasteiger partial charge in [-0.3, -0.25) is 4.98 Å². The average Bonchev–Trinajstić information content (AvgIpc) is 3.28. The number of pyridine rings is 1. The minimum Gasteiger partial charge on any atom is -0.383 e. The van der Waals surface area contributed by atoms with E-state index in [0.29, 0.717) is 16.5 Å². The van der Waals surface area contributed by atoms with Crippen molar-refractivity contribution in [1.29, 1.82) is 0 Å². The number of fused-ring (bicyclic) bond motifs is 2. The Labute approximate surface area is 183 Å². The van der Waals surface area contributed by atoms with E-state index in [9.17, 15) is 0 Å². The van der Waals surface area contributed by atoms with Gasteiger partial charge in [-0.2, -0.15) is 10.2 Å². The van der Waals surface area contributed by atoms with E-state index in [4.69, 9.17) is 27.5 Å². The van der Waals surface area contributed by atoms with E-state index in [1.807, 2.05) is 46.6 Å². The van der Waals surface area contributed by atoms with Gasteiger partial charge in [0.2, 0.25) is 0 Å². The van der Waals surface area contributed by atoms with Crippen LogP contribution < -0.4 is 5.73 Å². The molecule has 31 heavy (non-hydrogen) atoms. The molecule has 0 bridgehead atoms. The lowest BCUT2D eigenvalue weighted by atomic mass is 9.98. The van der Waals surface area contributed by atoms with Gasteiger partial charge in [-0.1, -0.05) is 25.4 Å². The number of nitrogens with zero attached hydrogens (tertiary/aromatic N) is 7. The normalized spacial score (nSPS) is 12.8. The molecule has 4 heterocycles. The second-order valence-corrected chi connectivity index (χ2v) is 8.28. The minimum atomic E-state index is -0.174. The van der Waals surface area contributed by atoms with Crippen molar-refractivity contribution in [3.8, 4) is 5.69 Å². The molecule has 9 heteroatoms. The quantitative estimate of drug-likeness (QED) is 0.453. The van der Waals surface area contributed by atoms with Crippen LogP contribution in [-0.4, -0.2) is 34.5 Å². The molecule has 0 fully saturated rings. The zero-order chi connectivity index (χ0) is 21.7. The second kappa shape index (κ2) is 7.31. The Morgan fingerprint density at radius 2 is 1.94 bits per heavy atom. The maximum atomic E-state index is 6.34. The third-order valence-electron chi connectivity index (χ3n) is 5.43. The highest BCUT2D eigenvalue weighted by molar-refractivity contribution is 6.31. The molecule has 0 saturated carbocycles. The number of anilines is 1. The molecule has 0 amide bonds. The van der Waals surface area contributed by atoms with E-state index in [0.717, 1.165) is 33.4 Å². The molecule has 4 aromatic heterocycles. The zero-order valence-corrected chi connectivity index (χ0v) is 18.1. The SMILES string of the molecule is Cc1nn(C(c2nn(-c3cccnc3)c3cc(Cl)ccc23)C(C)C)c2ncnc(N)c12. The van der Waals surface area contributed by atoms with Crippen LogP contribution in [0.15, 0.2) is 49.1 Å². The summed E-state index contributed by atoms with van der Waals surface area (Å²) in [6.07, 6.45) is 4.99. The third-order valence-corrected chi connectivity index (χ3v) is 5.67. The van der Waals surface area contributed by atoms with Gasteiger partial charge in [0, 0.05) is 16.6 Å². The Bertz CT molecular complexity index is 1400. The van der Waals surface area contributed by atoms with Crippen LogP contribution in [0.2, 0.25) is 5.02 Å². The summed E-state index contributed by atoms with van der Waals surface area (Å²) in [5.74, 6) is 0.601. The van der Waals surface area contributed by atoms with Crippen LogP contribution in [0.3, 0.4) is 0 Å². The molecule has 1 aromatic carbocycles. The van der Waals surface area contributed by atoms with Crippen LogP contribution in [-0.2, 0) is 0 Å². The van der Waals surface area contributed by atoms with Gasteiger partial charge in [-0.05, 0) is 43.2 Å². The Balaban J connectivity index is 1.81. The Hall–Kier alpha value is -3.52. The molecule has 156 valence electrons. The highest BCUT2D eigenvalue weighted by atomic mass is 35.5. The molecule has 5 rings (SSSR count). The van der Waals surface area contributed by atoms with Crippen LogP contribution in [0.5, 0.6) is 0 Å². The van der Waals surface area contributed by atoms with Crippen molar-refractivity contribution in [2.24, 2.45) is 5.92 Å². The Morgan fingerprint density at radius 1 is 1.10 bits per heavy atom. The summed E-state index contributed by atoms with van der Waals surface area (Å²) in [6.45, 7) is 6.20. The van der Waals surface area contributed by atoms with Crippen molar-refractivity contribution >= 4 is 39.4 Å². The van der Waals surface area contributed by atoms with Gasteiger partial charge in [0.1, 0.15) is 18.2 Å². The van der Waals surface area contributed by atoms with Gasteiger partial charge in [0.15, 0.2) is 5.65 Å². The Kier molecular flexibility index (Phi) is 4.59. The van der Waals surface area contributed by atoms with Gasteiger partial charge >= 0.3 is 0 Å². The first-order valence-electron chi connectivity index (χ1n) is 9.99. The average molecular weight is 433 g/mol. The lowest BCUT2D eigenvalue weighted by molar-refractivity contribution is 0.401. The summed E-state index contributed by atoms with van der Waals surface area (Å²) in [5.41, 5.74) is 10.3. The first-order valence-corrected chi connectivity index (χ1v) is 10.4. The van der Waals surface area contributed by atoms with E-state index in [2.05, 4.69) is 28.8 Å². The van der Waals surface area contributed by atoms with Crippen molar-refractivity contribution < 1.29 is 0 Å². The fourth-order valence-electron chi connectivity index (χ4n) is 4.08. The molecule has 0 radical (unpaired) electrons. The van der Waals surface area contributed by atoms with Gasteiger partial charge in [0.25, 0.3) is 0 Å². The van der Waals surface area contributed by atoms with E-state index >= 15 is 0 Å². The van der Waals surface area contributed by atoms with E-state index in [1.165, 1.54) is 6.33 Å². The number of benzene rings is 1. The highest BCUT2D eigenvalue weighted by Gasteiger charge is 2.29. The summed E-state index contributed by atoms with van der Waals surface area (Å²) in [6, 6.07) is 9.49. The number of nitrogen functional groups attached to an aromatic ring is 1. The van der Waals surface area contributed by atoms with Crippen LogP contribution in [0.4, 0.5) is 5.82 Å². The molecule has 0 aliphatic heterocycles. The molecule has 0 saturated heterocycles. The summed E-state index contributed by atoms with van der Waals surface area (Å²) in [4.78, 5) is 12.9. The number of rotatable bonds is 4. The zero-order valence-electron chi connectivity index (χ0n) is 17.4. The smallest absolute Gasteiger partial charge is 0.164 e. The summed E-state index contributed by atoms with van der Waals surface area (Å²) >= 11 is 6.34. The lowest BCUT2D eigenvalue weighted by Gasteiger charge is -2.20. The van der Waals surface area contributed by atoms with E-state index in [1.54, 1.807) is 12.4 Å². The second-order valence-electron chi connectivity index (χ2n) is 7.85. The molecule has 8 nitrogen and oxygen atoms in total. The van der Waals surface area contributed by atoms with Gasteiger partial charge in [-0.25, -0.2) is 19.3 Å². The number of aryl methyl sites for hydroxylation is 1. The summed E-state index contributed by atoms with van der Waals surface area (Å²) < 4.78 is 3.79. The van der Waals surface area contributed by atoms with Crippen LogP contribution in [0.25, 0.3) is 27.6 Å². The van der Waals surface area contributed by atoms with Crippen molar-refractivity contribution in [2.45, 2.75) is 26.8 Å². The molecular weight excluding hydrogens is 412 g/mol. The maximum absolute atomic E-state index is 6.34. The summed E-state index contributed by atoms with van der Waals surface area (Å²) in [7, 11) is 0. The van der Waals surface area contributed by atoms with Gasteiger partial charge in [0.05, 0.1) is 34.2 Å². The monoisotopic (exact) mass is 432 g/mol. The molecule has 0 aliphatic rings. The molecule has 1 unspecified atom stereocenters. The molecule has 1 atom stereocenters.